The van der Waals surface area contributed by atoms with Crippen molar-refractivity contribution in [2.75, 3.05) is 19.7 Å². The van der Waals surface area contributed by atoms with Crippen LogP contribution in [0.15, 0.2) is 24.3 Å². The van der Waals surface area contributed by atoms with E-state index in [1.165, 1.54) is 0 Å². The fraction of sp³-hybridized carbons (Fsp3) is 0.538. The highest BCUT2D eigenvalue weighted by molar-refractivity contribution is 5.35. The monoisotopic (exact) mass is 223 g/mol. The van der Waals surface area contributed by atoms with Crippen LogP contribution >= 0.6 is 0 Å². The van der Waals surface area contributed by atoms with Crippen molar-refractivity contribution in [2.24, 2.45) is 0 Å². The summed E-state index contributed by atoms with van der Waals surface area (Å²) in [6.07, 6.45) is 0.463. The van der Waals surface area contributed by atoms with Crippen molar-refractivity contribution in [2.45, 2.75) is 26.4 Å². The van der Waals surface area contributed by atoms with Gasteiger partial charge in [-0.05, 0) is 19.0 Å². The highest BCUT2D eigenvalue weighted by atomic mass is 16.5. The van der Waals surface area contributed by atoms with Crippen molar-refractivity contribution < 1.29 is 9.84 Å². The van der Waals surface area contributed by atoms with Crippen LogP contribution in [0.5, 0.6) is 5.75 Å². The average Bonchev–Trinajstić information content (AvgIpc) is 2.33. The molecule has 3 heteroatoms. The molecule has 1 aromatic rings. The molecule has 0 fully saturated rings. The maximum absolute atomic E-state index is 9.99. The molecular weight excluding hydrogens is 202 g/mol. The van der Waals surface area contributed by atoms with E-state index < -0.39 is 6.10 Å². The van der Waals surface area contributed by atoms with Gasteiger partial charge in [0, 0.05) is 12.1 Å². The summed E-state index contributed by atoms with van der Waals surface area (Å²) < 4.78 is 5.60. The first-order valence-electron chi connectivity index (χ1n) is 5.90. The van der Waals surface area contributed by atoms with Gasteiger partial charge in [-0.15, -0.1) is 0 Å². The fourth-order valence-electron chi connectivity index (χ4n) is 1.49. The number of hydrogen-bond donors (Lipinski definition) is 2. The number of aliphatic hydroxyl groups is 1. The van der Waals surface area contributed by atoms with Crippen molar-refractivity contribution in [1.29, 1.82) is 0 Å². The standard InChI is InChI=1S/C13H21NO2/c1-3-9-16-13-8-6-5-7-11(13)12(15)10-14-4-2/h5-8,12,14-15H,3-4,9-10H2,1-2H3. The van der Waals surface area contributed by atoms with Crippen molar-refractivity contribution >= 4 is 0 Å². The second kappa shape index (κ2) is 7.25. The van der Waals surface area contributed by atoms with E-state index in [9.17, 15) is 5.11 Å². The molecule has 1 rings (SSSR count). The van der Waals surface area contributed by atoms with E-state index in [1.807, 2.05) is 31.2 Å². The first kappa shape index (κ1) is 13.0. The van der Waals surface area contributed by atoms with Crippen LogP contribution in [-0.2, 0) is 0 Å². The first-order valence-corrected chi connectivity index (χ1v) is 5.90. The summed E-state index contributed by atoms with van der Waals surface area (Å²) in [4.78, 5) is 0. The summed E-state index contributed by atoms with van der Waals surface area (Å²) in [7, 11) is 0. The SMILES string of the molecule is CCCOc1ccccc1C(O)CNCC. The molecule has 90 valence electrons. The van der Waals surface area contributed by atoms with Gasteiger partial charge in [0.1, 0.15) is 5.75 Å². The molecule has 3 nitrogen and oxygen atoms in total. The molecule has 0 amide bonds. The highest BCUT2D eigenvalue weighted by Gasteiger charge is 2.11. The zero-order valence-corrected chi connectivity index (χ0v) is 10.1. The van der Waals surface area contributed by atoms with Gasteiger partial charge in [-0.25, -0.2) is 0 Å². The molecule has 2 N–H and O–H groups in total. The highest BCUT2D eigenvalue weighted by Crippen LogP contribution is 2.24. The minimum atomic E-state index is -0.506. The molecule has 1 unspecified atom stereocenters. The number of benzene rings is 1. The summed E-state index contributed by atoms with van der Waals surface area (Å²) in [5.41, 5.74) is 0.858. The summed E-state index contributed by atoms with van der Waals surface area (Å²) >= 11 is 0. The van der Waals surface area contributed by atoms with Crippen LogP contribution in [0.4, 0.5) is 0 Å². The maximum atomic E-state index is 9.99. The first-order chi connectivity index (χ1) is 7.79. The predicted octanol–water partition coefficient (Wildman–Crippen LogP) is 2.12. The second-order valence-electron chi connectivity index (χ2n) is 3.71. The zero-order chi connectivity index (χ0) is 11.8. The summed E-state index contributed by atoms with van der Waals surface area (Å²) in [5.74, 6) is 0.787. The van der Waals surface area contributed by atoms with Gasteiger partial charge < -0.3 is 15.2 Å². The quantitative estimate of drug-likeness (QED) is 0.744. The second-order valence-corrected chi connectivity index (χ2v) is 3.71. The van der Waals surface area contributed by atoms with Gasteiger partial charge in [-0.2, -0.15) is 0 Å². The third-order valence-corrected chi connectivity index (χ3v) is 2.33. The molecule has 0 saturated carbocycles. The number of ether oxygens (including phenoxy) is 1. The Morgan fingerprint density at radius 3 is 2.75 bits per heavy atom. The van der Waals surface area contributed by atoms with E-state index >= 15 is 0 Å². The molecule has 0 heterocycles. The minimum absolute atomic E-state index is 0.506. The summed E-state index contributed by atoms with van der Waals surface area (Å²) in [5, 5.41) is 13.1. The molecule has 0 aliphatic heterocycles. The Morgan fingerprint density at radius 2 is 2.06 bits per heavy atom. The van der Waals surface area contributed by atoms with Crippen LogP contribution in [0.1, 0.15) is 31.9 Å². The maximum Gasteiger partial charge on any atom is 0.125 e. The summed E-state index contributed by atoms with van der Waals surface area (Å²) in [6.45, 7) is 6.19. The lowest BCUT2D eigenvalue weighted by molar-refractivity contribution is 0.169. The minimum Gasteiger partial charge on any atom is -0.493 e. The van der Waals surface area contributed by atoms with Crippen molar-refractivity contribution in [3.63, 3.8) is 0 Å². The van der Waals surface area contributed by atoms with E-state index in [0.717, 1.165) is 24.3 Å². The molecule has 0 radical (unpaired) electrons. The van der Waals surface area contributed by atoms with Crippen LogP contribution < -0.4 is 10.1 Å². The Hall–Kier alpha value is -1.06. The number of para-hydroxylation sites is 1. The number of aliphatic hydroxyl groups excluding tert-OH is 1. The van der Waals surface area contributed by atoms with Crippen molar-refractivity contribution in [1.82, 2.24) is 5.32 Å². The molecule has 1 atom stereocenters. The Bertz CT molecular complexity index is 302. The van der Waals surface area contributed by atoms with E-state index in [4.69, 9.17) is 4.74 Å². The molecule has 0 aliphatic rings. The molecule has 16 heavy (non-hydrogen) atoms. The van der Waals surface area contributed by atoms with Crippen LogP contribution in [-0.4, -0.2) is 24.8 Å². The van der Waals surface area contributed by atoms with E-state index in [2.05, 4.69) is 12.2 Å². The van der Waals surface area contributed by atoms with Crippen LogP contribution in [0.2, 0.25) is 0 Å². The topological polar surface area (TPSA) is 41.5 Å². The molecule has 0 aliphatic carbocycles. The zero-order valence-electron chi connectivity index (χ0n) is 10.1. The van der Waals surface area contributed by atoms with Gasteiger partial charge in [0.2, 0.25) is 0 Å². The van der Waals surface area contributed by atoms with Gasteiger partial charge in [-0.1, -0.05) is 32.0 Å². The van der Waals surface area contributed by atoms with E-state index in [0.29, 0.717) is 13.2 Å². The third kappa shape index (κ3) is 3.83. The Morgan fingerprint density at radius 1 is 1.31 bits per heavy atom. The van der Waals surface area contributed by atoms with E-state index in [-0.39, 0.29) is 0 Å². The van der Waals surface area contributed by atoms with Gasteiger partial charge in [0.05, 0.1) is 12.7 Å². The molecular formula is C13H21NO2. The number of nitrogens with one attached hydrogen (secondary N) is 1. The van der Waals surface area contributed by atoms with Gasteiger partial charge in [0.25, 0.3) is 0 Å². The smallest absolute Gasteiger partial charge is 0.125 e. The lowest BCUT2D eigenvalue weighted by Crippen LogP contribution is -2.21. The third-order valence-electron chi connectivity index (χ3n) is 2.33. The molecule has 0 bridgehead atoms. The number of hydrogen-bond acceptors (Lipinski definition) is 3. The fourth-order valence-corrected chi connectivity index (χ4v) is 1.49. The van der Waals surface area contributed by atoms with Gasteiger partial charge in [-0.3, -0.25) is 0 Å². The van der Waals surface area contributed by atoms with Crippen molar-refractivity contribution in [3.8, 4) is 5.75 Å². The van der Waals surface area contributed by atoms with Gasteiger partial charge >= 0.3 is 0 Å². The molecule has 1 aromatic carbocycles. The average molecular weight is 223 g/mol. The molecule has 0 aromatic heterocycles. The Labute approximate surface area is 97.4 Å². The largest absolute Gasteiger partial charge is 0.493 e. The van der Waals surface area contributed by atoms with Crippen LogP contribution in [0.3, 0.4) is 0 Å². The lowest BCUT2D eigenvalue weighted by atomic mass is 10.1. The predicted molar refractivity (Wildman–Crippen MR) is 65.7 cm³/mol. The van der Waals surface area contributed by atoms with Crippen LogP contribution in [0, 0.1) is 0 Å². The van der Waals surface area contributed by atoms with Crippen molar-refractivity contribution in [3.05, 3.63) is 29.8 Å². The van der Waals surface area contributed by atoms with Crippen LogP contribution in [0.25, 0.3) is 0 Å². The van der Waals surface area contributed by atoms with Gasteiger partial charge in [0.15, 0.2) is 0 Å². The number of rotatable bonds is 7. The lowest BCUT2D eigenvalue weighted by Gasteiger charge is -2.16. The molecule has 0 saturated heterocycles. The van der Waals surface area contributed by atoms with E-state index in [1.54, 1.807) is 0 Å². The Kier molecular flexibility index (Phi) is 5.90. The normalized spacial score (nSPS) is 12.4. The summed E-state index contributed by atoms with van der Waals surface area (Å²) in [6, 6.07) is 7.66. The molecule has 0 spiro atoms. The number of likely N-dealkylation sites (N-methyl/N-ethyl adjacent to an activating group) is 1. The Balaban J connectivity index is 2.68.